The zero-order chi connectivity index (χ0) is 10.1. The molecule has 0 aromatic heterocycles. The predicted molar refractivity (Wildman–Crippen MR) is 64.7 cm³/mol. The second-order valence-electron chi connectivity index (χ2n) is 6.11. The van der Waals surface area contributed by atoms with Gasteiger partial charge in [-0.15, -0.1) is 0 Å². The van der Waals surface area contributed by atoms with Crippen molar-refractivity contribution in [3.05, 3.63) is 11.6 Å². The van der Waals surface area contributed by atoms with Crippen LogP contribution in [0.5, 0.6) is 0 Å². The van der Waals surface area contributed by atoms with Gasteiger partial charge in [-0.25, -0.2) is 0 Å². The fourth-order valence-electron chi connectivity index (χ4n) is 4.15. The first-order valence-electron chi connectivity index (χ1n) is 7.10. The Morgan fingerprint density at radius 1 is 0.867 bits per heavy atom. The molecule has 0 saturated heterocycles. The molecule has 15 heavy (non-hydrogen) atoms. The first-order valence-corrected chi connectivity index (χ1v) is 7.10. The zero-order valence-electron chi connectivity index (χ0n) is 9.88. The van der Waals surface area contributed by atoms with Gasteiger partial charge < -0.3 is 0 Å². The third kappa shape index (κ3) is 2.14. The van der Waals surface area contributed by atoms with Gasteiger partial charge in [0.15, 0.2) is 0 Å². The lowest BCUT2D eigenvalue weighted by Gasteiger charge is -2.06. The number of fused-ring (bicyclic) bond motifs is 1. The molecule has 3 rings (SSSR count). The quantitative estimate of drug-likeness (QED) is 0.572. The SMILES string of the molecule is C(CC1CCCC1)=C1CC2CCCC2C1. The molecule has 3 aliphatic carbocycles. The molecule has 0 aliphatic heterocycles. The van der Waals surface area contributed by atoms with E-state index in [0.29, 0.717) is 0 Å². The monoisotopic (exact) mass is 204 g/mol. The molecule has 84 valence electrons. The highest BCUT2D eigenvalue weighted by atomic mass is 14.4. The predicted octanol–water partition coefficient (Wildman–Crippen LogP) is 4.70. The molecule has 0 heterocycles. The largest absolute Gasteiger partial charge is 0.0850 e. The van der Waals surface area contributed by atoms with E-state index in [4.69, 9.17) is 0 Å². The van der Waals surface area contributed by atoms with Crippen molar-refractivity contribution >= 4 is 0 Å². The molecule has 2 unspecified atom stereocenters. The van der Waals surface area contributed by atoms with Crippen molar-refractivity contribution in [2.75, 3.05) is 0 Å². The Balaban J connectivity index is 1.52. The van der Waals surface area contributed by atoms with E-state index in [-0.39, 0.29) is 0 Å². The standard InChI is InChI=1S/C15H24/c1-2-5-12(4-1)8-9-13-10-14-6-3-7-15(14)11-13/h9,12,14-15H,1-8,10-11H2. The third-order valence-electron chi connectivity index (χ3n) is 5.08. The maximum Gasteiger partial charge on any atom is -0.0289 e. The molecule has 0 radical (unpaired) electrons. The van der Waals surface area contributed by atoms with Crippen LogP contribution in [-0.4, -0.2) is 0 Å². The second kappa shape index (κ2) is 4.31. The van der Waals surface area contributed by atoms with Crippen LogP contribution in [0, 0.1) is 17.8 Å². The van der Waals surface area contributed by atoms with E-state index in [1.165, 1.54) is 64.2 Å². The van der Waals surface area contributed by atoms with Crippen molar-refractivity contribution in [3.63, 3.8) is 0 Å². The van der Waals surface area contributed by atoms with Crippen molar-refractivity contribution in [2.24, 2.45) is 17.8 Å². The number of rotatable bonds is 2. The van der Waals surface area contributed by atoms with E-state index in [0.717, 1.165) is 17.8 Å². The Kier molecular flexibility index (Phi) is 2.86. The summed E-state index contributed by atoms with van der Waals surface area (Å²) in [7, 11) is 0. The second-order valence-corrected chi connectivity index (χ2v) is 6.11. The van der Waals surface area contributed by atoms with Crippen LogP contribution in [0.2, 0.25) is 0 Å². The molecule has 3 fully saturated rings. The normalized spacial score (nSPS) is 36.1. The molecule has 3 saturated carbocycles. The van der Waals surface area contributed by atoms with Gasteiger partial charge in [-0.1, -0.05) is 43.8 Å². The van der Waals surface area contributed by atoms with Crippen LogP contribution in [-0.2, 0) is 0 Å². The van der Waals surface area contributed by atoms with Gasteiger partial charge in [0.1, 0.15) is 0 Å². The van der Waals surface area contributed by atoms with E-state index in [1.807, 2.05) is 5.57 Å². The summed E-state index contributed by atoms with van der Waals surface area (Å²) in [6, 6.07) is 0. The fourth-order valence-corrected chi connectivity index (χ4v) is 4.15. The highest BCUT2D eigenvalue weighted by Gasteiger charge is 2.33. The molecule has 3 aliphatic rings. The minimum absolute atomic E-state index is 1.05. The molecule has 0 amide bonds. The first-order chi connectivity index (χ1) is 7.42. The summed E-state index contributed by atoms with van der Waals surface area (Å²) in [4.78, 5) is 0. The average Bonchev–Trinajstić information content (AvgIpc) is 2.91. The van der Waals surface area contributed by atoms with Gasteiger partial charge in [-0.05, 0) is 49.9 Å². The Morgan fingerprint density at radius 3 is 2.20 bits per heavy atom. The molecule has 0 spiro atoms. The van der Waals surface area contributed by atoms with Gasteiger partial charge in [0.25, 0.3) is 0 Å². The summed E-state index contributed by atoms with van der Waals surface area (Å²) in [5, 5.41) is 0. The van der Waals surface area contributed by atoms with Gasteiger partial charge in [-0.2, -0.15) is 0 Å². The topological polar surface area (TPSA) is 0 Å². The summed E-state index contributed by atoms with van der Waals surface area (Å²) in [6.45, 7) is 0. The van der Waals surface area contributed by atoms with Gasteiger partial charge in [-0.3, -0.25) is 0 Å². The van der Waals surface area contributed by atoms with E-state index in [9.17, 15) is 0 Å². The molecule has 0 N–H and O–H groups in total. The summed E-state index contributed by atoms with van der Waals surface area (Å²) < 4.78 is 0. The number of allylic oxidation sites excluding steroid dienone is 2. The van der Waals surface area contributed by atoms with E-state index < -0.39 is 0 Å². The highest BCUT2D eigenvalue weighted by Crippen LogP contribution is 2.46. The smallest absolute Gasteiger partial charge is 0.0289 e. The summed E-state index contributed by atoms with van der Waals surface area (Å²) in [5.74, 6) is 3.25. The van der Waals surface area contributed by atoms with Crippen molar-refractivity contribution in [3.8, 4) is 0 Å². The van der Waals surface area contributed by atoms with Crippen LogP contribution < -0.4 is 0 Å². The molecular formula is C15H24. The lowest BCUT2D eigenvalue weighted by Crippen LogP contribution is -1.95. The number of hydrogen-bond donors (Lipinski definition) is 0. The third-order valence-corrected chi connectivity index (χ3v) is 5.08. The average molecular weight is 204 g/mol. The fraction of sp³-hybridized carbons (Fsp3) is 0.867. The van der Waals surface area contributed by atoms with Crippen molar-refractivity contribution in [1.82, 2.24) is 0 Å². The van der Waals surface area contributed by atoms with Crippen LogP contribution in [0.25, 0.3) is 0 Å². The molecule has 0 heteroatoms. The van der Waals surface area contributed by atoms with Gasteiger partial charge in [0, 0.05) is 0 Å². The maximum atomic E-state index is 2.63. The van der Waals surface area contributed by atoms with E-state index in [2.05, 4.69) is 6.08 Å². The van der Waals surface area contributed by atoms with Crippen LogP contribution in [0.1, 0.15) is 64.2 Å². The summed E-state index contributed by atoms with van der Waals surface area (Å²) in [6.07, 6.45) is 17.6. The Bertz CT molecular complexity index is 231. The molecular weight excluding hydrogens is 180 g/mol. The molecule has 0 aromatic rings. The Hall–Kier alpha value is -0.260. The van der Waals surface area contributed by atoms with Gasteiger partial charge in [0.05, 0.1) is 0 Å². The van der Waals surface area contributed by atoms with Crippen molar-refractivity contribution < 1.29 is 0 Å². The zero-order valence-corrected chi connectivity index (χ0v) is 9.88. The van der Waals surface area contributed by atoms with Crippen LogP contribution in [0.4, 0.5) is 0 Å². The van der Waals surface area contributed by atoms with Crippen LogP contribution in [0.3, 0.4) is 0 Å². The highest BCUT2D eigenvalue weighted by molar-refractivity contribution is 5.12. The van der Waals surface area contributed by atoms with Crippen LogP contribution in [0.15, 0.2) is 11.6 Å². The maximum absolute atomic E-state index is 2.63. The molecule has 0 aromatic carbocycles. The Labute approximate surface area is 94.1 Å². The summed E-state index contributed by atoms with van der Waals surface area (Å²) >= 11 is 0. The lowest BCUT2D eigenvalue weighted by atomic mass is 10.0. The molecule has 0 nitrogen and oxygen atoms in total. The molecule has 2 atom stereocenters. The lowest BCUT2D eigenvalue weighted by molar-refractivity contribution is 0.457. The van der Waals surface area contributed by atoms with Gasteiger partial charge >= 0.3 is 0 Å². The summed E-state index contributed by atoms with van der Waals surface area (Å²) in [5.41, 5.74) is 1.83. The Morgan fingerprint density at radius 2 is 1.53 bits per heavy atom. The first kappa shape index (κ1) is 9.93. The molecule has 0 bridgehead atoms. The van der Waals surface area contributed by atoms with E-state index in [1.54, 1.807) is 0 Å². The van der Waals surface area contributed by atoms with Crippen molar-refractivity contribution in [2.45, 2.75) is 64.2 Å². The van der Waals surface area contributed by atoms with E-state index >= 15 is 0 Å². The minimum atomic E-state index is 1.05. The van der Waals surface area contributed by atoms with Crippen LogP contribution >= 0.6 is 0 Å². The minimum Gasteiger partial charge on any atom is -0.0850 e. The van der Waals surface area contributed by atoms with Crippen molar-refractivity contribution in [1.29, 1.82) is 0 Å². The number of hydrogen-bond acceptors (Lipinski definition) is 0. The van der Waals surface area contributed by atoms with Gasteiger partial charge in [0.2, 0.25) is 0 Å².